The van der Waals surface area contributed by atoms with Crippen molar-refractivity contribution >= 4 is 39.9 Å². The monoisotopic (exact) mass is 241 g/mol. The first-order valence-electron chi connectivity index (χ1n) is 4.35. The summed E-state index contributed by atoms with van der Waals surface area (Å²) in [5.74, 6) is 5.96. The first-order valence-corrected chi connectivity index (χ1v) is 5.10. The number of halogens is 2. The van der Waals surface area contributed by atoms with Crippen molar-refractivity contribution in [2.75, 3.05) is 5.43 Å². The predicted molar refractivity (Wildman–Crippen MR) is 64.3 cm³/mol. The van der Waals surface area contributed by atoms with E-state index in [0.29, 0.717) is 21.4 Å². The molecular formula is C10H9Cl2N3. The van der Waals surface area contributed by atoms with E-state index in [4.69, 9.17) is 29.0 Å². The zero-order valence-corrected chi connectivity index (χ0v) is 9.52. The van der Waals surface area contributed by atoms with Crippen LogP contribution in [0.3, 0.4) is 0 Å². The van der Waals surface area contributed by atoms with Crippen molar-refractivity contribution in [3.63, 3.8) is 0 Å². The van der Waals surface area contributed by atoms with Crippen LogP contribution in [0.1, 0.15) is 5.56 Å². The van der Waals surface area contributed by atoms with E-state index in [1.165, 1.54) is 0 Å². The summed E-state index contributed by atoms with van der Waals surface area (Å²) < 4.78 is 0. The zero-order chi connectivity index (χ0) is 11.0. The first-order chi connectivity index (χ1) is 7.11. The third-order valence-electron chi connectivity index (χ3n) is 2.16. The molecule has 15 heavy (non-hydrogen) atoms. The molecule has 1 heterocycles. The fraction of sp³-hybridized carbons (Fsp3) is 0.100. The van der Waals surface area contributed by atoms with E-state index in [1.54, 1.807) is 6.07 Å². The molecule has 0 aliphatic carbocycles. The fourth-order valence-corrected chi connectivity index (χ4v) is 2.01. The van der Waals surface area contributed by atoms with Crippen molar-refractivity contribution in [3.8, 4) is 0 Å². The number of nitrogens with two attached hydrogens (primary N) is 1. The summed E-state index contributed by atoms with van der Waals surface area (Å²) in [5, 5.41) is 2.03. The fourth-order valence-electron chi connectivity index (χ4n) is 1.46. The van der Waals surface area contributed by atoms with Gasteiger partial charge in [0.05, 0.1) is 10.5 Å². The van der Waals surface area contributed by atoms with Crippen LogP contribution in [0.5, 0.6) is 0 Å². The number of nitrogen functional groups attached to an aromatic ring is 1. The number of hydrazine groups is 1. The van der Waals surface area contributed by atoms with Crippen LogP contribution in [0, 0.1) is 6.92 Å². The van der Waals surface area contributed by atoms with Crippen molar-refractivity contribution in [3.05, 3.63) is 33.8 Å². The average Bonchev–Trinajstić information content (AvgIpc) is 2.16. The summed E-state index contributed by atoms with van der Waals surface area (Å²) in [5.41, 5.74) is 4.17. The number of aryl methyl sites for hydroxylation is 1. The second kappa shape index (κ2) is 3.85. The van der Waals surface area contributed by atoms with Crippen molar-refractivity contribution in [1.29, 1.82) is 0 Å². The van der Waals surface area contributed by atoms with Crippen LogP contribution in [-0.4, -0.2) is 4.98 Å². The lowest BCUT2D eigenvalue weighted by Crippen LogP contribution is -2.10. The number of rotatable bonds is 1. The molecule has 2 rings (SSSR count). The minimum Gasteiger partial charge on any atom is -0.308 e. The Hall–Kier alpha value is -1.03. The standard InChI is InChI=1S/C10H9Cl2N3/c1-5-2-6-3-7(11)4-8(12)9(6)14-10(5)15-13/h2-4H,13H2,1H3,(H,14,15). The van der Waals surface area contributed by atoms with Gasteiger partial charge in [-0.25, -0.2) is 10.8 Å². The lowest BCUT2D eigenvalue weighted by atomic mass is 10.1. The third-order valence-corrected chi connectivity index (χ3v) is 2.67. The van der Waals surface area contributed by atoms with E-state index in [1.807, 2.05) is 19.1 Å². The number of hydrogen-bond acceptors (Lipinski definition) is 3. The van der Waals surface area contributed by atoms with Gasteiger partial charge in [0.1, 0.15) is 5.82 Å². The Kier molecular flexibility index (Phi) is 2.69. The first kappa shape index (κ1) is 10.5. The highest BCUT2D eigenvalue weighted by Gasteiger charge is 2.06. The van der Waals surface area contributed by atoms with Crippen molar-refractivity contribution in [2.24, 2.45) is 5.84 Å². The molecule has 0 amide bonds. The molecule has 2 aromatic rings. The van der Waals surface area contributed by atoms with Gasteiger partial charge in [0.15, 0.2) is 0 Å². The molecule has 0 bridgehead atoms. The molecule has 1 aromatic heterocycles. The van der Waals surface area contributed by atoms with Crippen molar-refractivity contribution < 1.29 is 0 Å². The second-order valence-corrected chi connectivity index (χ2v) is 4.10. The van der Waals surface area contributed by atoms with Crippen LogP contribution in [0.15, 0.2) is 18.2 Å². The van der Waals surface area contributed by atoms with Gasteiger partial charge in [0.2, 0.25) is 0 Å². The third kappa shape index (κ3) is 1.86. The van der Waals surface area contributed by atoms with Gasteiger partial charge in [-0.1, -0.05) is 23.2 Å². The average molecular weight is 242 g/mol. The maximum absolute atomic E-state index is 6.03. The van der Waals surface area contributed by atoms with Gasteiger partial charge in [-0.15, -0.1) is 0 Å². The van der Waals surface area contributed by atoms with Crippen molar-refractivity contribution in [2.45, 2.75) is 6.92 Å². The maximum atomic E-state index is 6.03. The lowest BCUT2D eigenvalue weighted by Gasteiger charge is -2.07. The topological polar surface area (TPSA) is 50.9 Å². The summed E-state index contributed by atoms with van der Waals surface area (Å²) in [6.07, 6.45) is 0. The van der Waals surface area contributed by atoms with Gasteiger partial charge >= 0.3 is 0 Å². The van der Waals surface area contributed by atoms with Gasteiger partial charge in [-0.05, 0) is 30.7 Å². The van der Waals surface area contributed by atoms with E-state index in [9.17, 15) is 0 Å². The van der Waals surface area contributed by atoms with E-state index < -0.39 is 0 Å². The highest BCUT2D eigenvalue weighted by molar-refractivity contribution is 6.38. The smallest absolute Gasteiger partial charge is 0.143 e. The number of hydrogen-bond donors (Lipinski definition) is 2. The number of nitrogens with one attached hydrogen (secondary N) is 1. The molecule has 78 valence electrons. The van der Waals surface area contributed by atoms with Crippen LogP contribution in [-0.2, 0) is 0 Å². The van der Waals surface area contributed by atoms with Crippen molar-refractivity contribution in [1.82, 2.24) is 4.98 Å². The van der Waals surface area contributed by atoms with E-state index >= 15 is 0 Å². The molecule has 0 atom stereocenters. The van der Waals surface area contributed by atoms with Gasteiger partial charge in [0, 0.05) is 10.4 Å². The van der Waals surface area contributed by atoms with Crippen LogP contribution >= 0.6 is 23.2 Å². The zero-order valence-electron chi connectivity index (χ0n) is 8.01. The number of fused-ring (bicyclic) bond motifs is 1. The molecule has 3 nitrogen and oxygen atoms in total. The van der Waals surface area contributed by atoms with Gasteiger partial charge < -0.3 is 5.43 Å². The number of nitrogens with zero attached hydrogens (tertiary/aromatic N) is 1. The Balaban J connectivity index is 2.81. The minimum absolute atomic E-state index is 0.522. The number of anilines is 1. The Labute approximate surface area is 97.2 Å². The largest absolute Gasteiger partial charge is 0.308 e. The van der Waals surface area contributed by atoms with E-state index in [0.717, 1.165) is 10.9 Å². The minimum atomic E-state index is 0.522. The molecule has 0 fully saturated rings. The summed E-state index contributed by atoms with van der Waals surface area (Å²) in [4.78, 5) is 4.31. The number of aromatic nitrogens is 1. The Morgan fingerprint density at radius 1 is 1.27 bits per heavy atom. The van der Waals surface area contributed by atoms with Gasteiger partial charge in [-0.3, -0.25) is 0 Å². The van der Waals surface area contributed by atoms with Crippen LogP contribution in [0.25, 0.3) is 10.9 Å². The summed E-state index contributed by atoms with van der Waals surface area (Å²) in [6.45, 7) is 1.91. The molecule has 0 saturated carbocycles. The highest BCUT2D eigenvalue weighted by Crippen LogP contribution is 2.28. The Morgan fingerprint density at radius 2 is 2.00 bits per heavy atom. The number of benzene rings is 1. The predicted octanol–water partition coefficient (Wildman–Crippen LogP) is 3.14. The molecule has 0 aliphatic heterocycles. The van der Waals surface area contributed by atoms with Crippen LogP contribution < -0.4 is 11.3 Å². The Morgan fingerprint density at radius 3 is 2.67 bits per heavy atom. The van der Waals surface area contributed by atoms with E-state index in [-0.39, 0.29) is 0 Å². The summed E-state index contributed by atoms with van der Waals surface area (Å²) in [7, 11) is 0. The molecular weight excluding hydrogens is 233 g/mol. The summed E-state index contributed by atoms with van der Waals surface area (Å²) >= 11 is 11.9. The van der Waals surface area contributed by atoms with Gasteiger partial charge in [-0.2, -0.15) is 0 Å². The summed E-state index contributed by atoms with van der Waals surface area (Å²) in [6, 6.07) is 5.42. The number of pyridine rings is 1. The molecule has 0 saturated heterocycles. The highest BCUT2D eigenvalue weighted by atomic mass is 35.5. The molecule has 0 radical (unpaired) electrons. The molecule has 0 aliphatic rings. The van der Waals surface area contributed by atoms with Crippen LogP contribution in [0.4, 0.5) is 5.82 Å². The molecule has 5 heteroatoms. The molecule has 0 spiro atoms. The lowest BCUT2D eigenvalue weighted by molar-refractivity contribution is 1.23. The quantitative estimate of drug-likeness (QED) is 0.596. The molecule has 3 N–H and O–H groups in total. The normalized spacial score (nSPS) is 10.7. The molecule has 0 unspecified atom stereocenters. The SMILES string of the molecule is Cc1cc2cc(Cl)cc(Cl)c2nc1NN. The van der Waals surface area contributed by atoms with Crippen LogP contribution in [0.2, 0.25) is 10.0 Å². The maximum Gasteiger partial charge on any atom is 0.143 e. The van der Waals surface area contributed by atoms with Gasteiger partial charge in [0.25, 0.3) is 0 Å². The Bertz CT molecular complexity index is 526. The molecule has 1 aromatic carbocycles. The van der Waals surface area contributed by atoms with E-state index in [2.05, 4.69) is 10.4 Å². The second-order valence-electron chi connectivity index (χ2n) is 3.26.